The minimum absolute atomic E-state index is 0.0784. The molecular weight excluding hydrogens is 319 g/mol. The molecule has 0 unspecified atom stereocenters. The van der Waals surface area contributed by atoms with Crippen LogP contribution in [0.3, 0.4) is 0 Å². The SMILES string of the molecule is CCOc1cccc(/C=C/C(=O)c2ccc(F)cc2Cl)c1OC. The van der Waals surface area contributed by atoms with Gasteiger partial charge in [-0.15, -0.1) is 0 Å². The summed E-state index contributed by atoms with van der Waals surface area (Å²) in [5, 5.41) is 0.0784. The third-order valence-electron chi connectivity index (χ3n) is 3.12. The number of carbonyl (C=O) groups is 1. The van der Waals surface area contributed by atoms with Crippen molar-refractivity contribution in [3.05, 3.63) is 64.4 Å². The quantitative estimate of drug-likeness (QED) is 0.563. The molecule has 3 nitrogen and oxygen atoms in total. The molecule has 2 aromatic carbocycles. The minimum Gasteiger partial charge on any atom is -0.492 e. The van der Waals surface area contributed by atoms with Gasteiger partial charge in [0.25, 0.3) is 0 Å². The van der Waals surface area contributed by atoms with Crippen LogP contribution in [0.5, 0.6) is 11.5 Å². The molecule has 5 heteroatoms. The number of allylic oxidation sites excluding steroid dienone is 1. The summed E-state index contributed by atoms with van der Waals surface area (Å²) in [5.41, 5.74) is 0.939. The van der Waals surface area contributed by atoms with E-state index in [-0.39, 0.29) is 16.4 Å². The molecule has 0 aliphatic carbocycles. The zero-order valence-corrected chi connectivity index (χ0v) is 13.6. The van der Waals surface area contributed by atoms with Gasteiger partial charge in [0.2, 0.25) is 0 Å². The second kappa shape index (κ2) is 7.79. The van der Waals surface area contributed by atoms with Crippen molar-refractivity contribution in [3.8, 4) is 11.5 Å². The Morgan fingerprint density at radius 1 is 1.30 bits per heavy atom. The molecule has 0 radical (unpaired) electrons. The largest absolute Gasteiger partial charge is 0.492 e. The van der Waals surface area contributed by atoms with Crippen LogP contribution in [-0.2, 0) is 0 Å². The van der Waals surface area contributed by atoms with Gasteiger partial charge < -0.3 is 9.47 Å². The highest BCUT2D eigenvalue weighted by atomic mass is 35.5. The van der Waals surface area contributed by atoms with E-state index in [4.69, 9.17) is 21.1 Å². The van der Waals surface area contributed by atoms with Crippen LogP contribution in [-0.4, -0.2) is 19.5 Å². The molecule has 0 saturated heterocycles. The van der Waals surface area contributed by atoms with E-state index in [1.807, 2.05) is 13.0 Å². The first-order valence-electron chi connectivity index (χ1n) is 7.04. The van der Waals surface area contributed by atoms with Gasteiger partial charge in [-0.1, -0.05) is 23.7 Å². The van der Waals surface area contributed by atoms with Gasteiger partial charge in [-0.05, 0) is 43.3 Å². The molecule has 2 aromatic rings. The zero-order valence-electron chi connectivity index (χ0n) is 12.8. The maximum Gasteiger partial charge on any atom is 0.187 e. The van der Waals surface area contributed by atoms with Crippen molar-refractivity contribution in [1.82, 2.24) is 0 Å². The van der Waals surface area contributed by atoms with Gasteiger partial charge in [0.1, 0.15) is 5.82 Å². The molecule has 0 aromatic heterocycles. The fourth-order valence-electron chi connectivity index (χ4n) is 2.10. The number of hydrogen-bond donors (Lipinski definition) is 0. The molecule has 2 rings (SSSR count). The lowest BCUT2D eigenvalue weighted by atomic mass is 10.1. The molecule has 0 saturated carbocycles. The van der Waals surface area contributed by atoms with Crippen LogP contribution in [0.15, 0.2) is 42.5 Å². The number of halogens is 2. The molecule has 0 spiro atoms. The second-order valence-electron chi connectivity index (χ2n) is 4.63. The molecule has 0 N–H and O–H groups in total. The maximum absolute atomic E-state index is 13.0. The summed E-state index contributed by atoms with van der Waals surface area (Å²) in [4.78, 5) is 12.2. The fraction of sp³-hybridized carbons (Fsp3) is 0.167. The Hall–Kier alpha value is -2.33. The summed E-state index contributed by atoms with van der Waals surface area (Å²) in [6.45, 7) is 2.38. The van der Waals surface area contributed by atoms with E-state index in [9.17, 15) is 9.18 Å². The van der Waals surface area contributed by atoms with Crippen LogP contribution >= 0.6 is 11.6 Å². The van der Waals surface area contributed by atoms with E-state index in [1.54, 1.807) is 18.2 Å². The van der Waals surface area contributed by atoms with Crippen molar-refractivity contribution >= 4 is 23.5 Å². The summed E-state index contributed by atoms with van der Waals surface area (Å²) >= 11 is 5.89. The number of methoxy groups -OCH3 is 1. The maximum atomic E-state index is 13.0. The van der Waals surface area contributed by atoms with Gasteiger partial charge in [-0.2, -0.15) is 0 Å². The normalized spacial score (nSPS) is 10.8. The van der Waals surface area contributed by atoms with Gasteiger partial charge in [0, 0.05) is 11.1 Å². The van der Waals surface area contributed by atoms with E-state index >= 15 is 0 Å². The number of ether oxygens (including phenoxy) is 2. The van der Waals surface area contributed by atoms with E-state index in [1.165, 1.54) is 25.3 Å². The number of carbonyl (C=O) groups excluding carboxylic acids is 1. The summed E-state index contributed by atoms with van der Waals surface area (Å²) < 4.78 is 23.9. The lowest BCUT2D eigenvalue weighted by molar-refractivity contribution is 0.104. The van der Waals surface area contributed by atoms with E-state index in [0.29, 0.717) is 23.7 Å². The van der Waals surface area contributed by atoms with Gasteiger partial charge in [-0.25, -0.2) is 4.39 Å². The highest BCUT2D eigenvalue weighted by Gasteiger charge is 2.10. The topological polar surface area (TPSA) is 35.5 Å². The molecule has 0 aliphatic heterocycles. The minimum atomic E-state index is -0.485. The average Bonchev–Trinajstić information content (AvgIpc) is 2.53. The molecule has 0 heterocycles. The van der Waals surface area contributed by atoms with E-state index in [0.717, 1.165) is 6.07 Å². The Morgan fingerprint density at radius 3 is 2.74 bits per heavy atom. The van der Waals surface area contributed by atoms with Crippen molar-refractivity contribution in [2.75, 3.05) is 13.7 Å². The second-order valence-corrected chi connectivity index (χ2v) is 5.04. The molecule has 120 valence electrons. The summed E-state index contributed by atoms with van der Waals surface area (Å²) in [5.74, 6) is 0.341. The number of benzene rings is 2. The predicted molar refractivity (Wildman–Crippen MR) is 88.9 cm³/mol. The van der Waals surface area contributed by atoms with E-state index in [2.05, 4.69) is 0 Å². The smallest absolute Gasteiger partial charge is 0.187 e. The summed E-state index contributed by atoms with van der Waals surface area (Å²) in [7, 11) is 1.54. The molecule has 0 bridgehead atoms. The van der Waals surface area contributed by atoms with Crippen molar-refractivity contribution in [2.24, 2.45) is 0 Å². The first kappa shape index (κ1) is 17.0. The Bertz CT molecular complexity index is 741. The van der Waals surface area contributed by atoms with Gasteiger partial charge in [0.05, 0.1) is 18.7 Å². The Kier molecular flexibility index (Phi) is 5.77. The highest BCUT2D eigenvalue weighted by molar-refractivity contribution is 6.34. The summed E-state index contributed by atoms with van der Waals surface area (Å²) in [6.07, 6.45) is 2.98. The van der Waals surface area contributed by atoms with Crippen LogP contribution in [0.2, 0.25) is 5.02 Å². The number of ketones is 1. The Labute approximate surface area is 139 Å². The van der Waals surface area contributed by atoms with Gasteiger partial charge in [0.15, 0.2) is 17.3 Å². The lowest BCUT2D eigenvalue weighted by Gasteiger charge is -2.11. The summed E-state index contributed by atoms with van der Waals surface area (Å²) in [6, 6.07) is 9.07. The Morgan fingerprint density at radius 2 is 2.09 bits per heavy atom. The average molecular weight is 335 g/mol. The number of para-hydroxylation sites is 1. The van der Waals surface area contributed by atoms with E-state index < -0.39 is 5.82 Å². The fourth-order valence-corrected chi connectivity index (χ4v) is 2.36. The molecule has 0 aliphatic rings. The van der Waals surface area contributed by atoms with Crippen LogP contribution in [0.4, 0.5) is 4.39 Å². The number of hydrogen-bond acceptors (Lipinski definition) is 3. The molecule has 0 amide bonds. The zero-order chi connectivity index (χ0) is 16.8. The van der Waals surface area contributed by atoms with Gasteiger partial charge >= 0.3 is 0 Å². The monoisotopic (exact) mass is 334 g/mol. The number of rotatable bonds is 6. The van der Waals surface area contributed by atoms with Crippen molar-refractivity contribution < 1.29 is 18.7 Å². The van der Waals surface area contributed by atoms with Crippen LogP contribution < -0.4 is 9.47 Å². The third kappa shape index (κ3) is 4.11. The first-order valence-corrected chi connectivity index (χ1v) is 7.42. The van der Waals surface area contributed by atoms with Crippen LogP contribution in [0.25, 0.3) is 6.08 Å². The molecular formula is C18H16ClFO3. The molecule has 0 atom stereocenters. The van der Waals surface area contributed by atoms with Crippen LogP contribution in [0, 0.1) is 5.82 Å². The highest BCUT2D eigenvalue weighted by Crippen LogP contribution is 2.32. The standard InChI is InChI=1S/C18H16ClFO3/c1-3-23-17-6-4-5-12(18(17)22-2)7-10-16(21)14-9-8-13(20)11-15(14)19/h4-11H,3H2,1-2H3/b10-7+. The van der Waals surface area contributed by atoms with Crippen molar-refractivity contribution in [2.45, 2.75) is 6.92 Å². The van der Waals surface area contributed by atoms with Crippen LogP contribution in [0.1, 0.15) is 22.8 Å². The third-order valence-corrected chi connectivity index (χ3v) is 3.44. The molecule has 23 heavy (non-hydrogen) atoms. The predicted octanol–water partition coefficient (Wildman–Crippen LogP) is 4.78. The van der Waals surface area contributed by atoms with Gasteiger partial charge in [-0.3, -0.25) is 4.79 Å². The Balaban J connectivity index is 2.29. The molecule has 0 fully saturated rings. The van der Waals surface area contributed by atoms with Crippen molar-refractivity contribution in [3.63, 3.8) is 0 Å². The first-order chi connectivity index (χ1) is 11.1. The lowest BCUT2D eigenvalue weighted by Crippen LogP contribution is -1.98. The van der Waals surface area contributed by atoms with Crippen molar-refractivity contribution in [1.29, 1.82) is 0 Å².